The predicted molar refractivity (Wildman–Crippen MR) is 100 cm³/mol. The maximum absolute atomic E-state index is 12.7. The molecular weight excluding hydrogens is 350 g/mol. The summed E-state index contributed by atoms with van der Waals surface area (Å²) in [7, 11) is 1.53. The highest BCUT2D eigenvalue weighted by Crippen LogP contribution is 2.18. The van der Waals surface area contributed by atoms with Crippen LogP contribution < -0.4 is 10.9 Å². The molecule has 2 amide bonds. The molecule has 1 aliphatic rings. The monoisotopic (exact) mass is 377 g/mol. The van der Waals surface area contributed by atoms with Crippen LogP contribution in [-0.2, 0) is 21.4 Å². The van der Waals surface area contributed by atoms with E-state index in [1.54, 1.807) is 11.8 Å². The van der Waals surface area contributed by atoms with E-state index < -0.39 is 17.4 Å². The van der Waals surface area contributed by atoms with Gasteiger partial charge in [0.05, 0.1) is 18.6 Å². The molecular formula is C19H27N3O5. The van der Waals surface area contributed by atoms with Crippen molar-refractivity contribution in [3.05, 3.63) is 28.2 Å². The van der Waals surface area contributed by atoms with Crippen LogP contribution in [0.4, 0.5) is 5.69 Å². The van der Waals surface area contributed by atoms with Gasteiger partial charge in [-0.25, -0.2) is 0 Å². The van der Waals surface area contributed by atoms with E-state index in [0.717, 1.165) is 12.8 Å². The summed E-state index contributed by atoms with van der Waals surface area (Å²) in [6.07, 6.45) is 3.23. The van der Waals surface area contributed by atoms with Gasteiger partial charge in [0.1, 0.15) is 5.69 Å². The van der Waals surface area contributed by atoms with E-state index >= 15 is 0 Å². The summed E-state index contributed by atoms with van der Waals surface area (Å²) in [5, 5.41) is 2.50. The van der Waals surface area contributed by atoms with Gasteiger partial charge >= 0.3 is 5.97 Å². The Hall–Kier alpha value is -2.64. The Balaban J connectivity index is 2.08. The molecule has 27 heavy (non-hydrogen) atoms. The highest BCUT2D eigenvalue weighted by Gasteiger charge is 2.23. The zero-order chi connectivity index (χ0) is 20.0. The molecule has 1 saturated heterocycles. The molecule has 8 nitrogen and oxygen atoms in total. The van der Waals surface area contributed by atoms with Crippen LogP contribution >= 0.6 is 0 Å². The smallest absolute Gasteiger partial charge is 0.306 e. The number of anilines is 1. The van der Waals surface area contributed by atoms with Crippen LogP contribution in [0.5, 0.6) is 0 Å². The van der Waals surface area contributed by atoms with E-state index in [1.165, 1.54) is 23.9 Å². The highest BCUT2D eigenvalue weighted by atomic mass is 16.5. The van der Waals surface area contributed by atoms with E-state index in [2.05, 4.69) is 12.2 Å². The minimum Gasteiger partial charge on any atom is -0.466 e. The van der Waals surface area contributed by atoms with Crippen molar-refractivity contribution in [3.8, 4) is 0 Å². The predicted octanol–water partition coefficient (Wildman–Crippen LogP) is 1.54. The van der Waals surface area contributed by atoms with Crippen molar-refractivity contribution in [2.75, 3.05) is 25.0 Å². The summed E-state index contributed by atoms with van der Waals surface area (Å²) in [5.41, 5.74) is -0.0294. The molecule has 148 valence electrons. The van der Waals surface area contributed by atoms with Gasteiger partial charge in [-0.1, -0.05) is 6.92 Å². The van der Waals surface area contributed by atoms with Gasteiger partial charge in [0.2, 0.25) is 5.91 Å². The SMILES string of the molecule is CCOC(=O)CCC(=O)Nc1cc(C(=O)N2CCC(C)CC2)cn(C)c1=O. The lowest BCUT2D eigenvalue weighted by Gasteiger charge is -2.30. The van der Waals surface area contributed by atoms with Crippen LogP contribution in [0.3, 0.4) is 0 Å². The van der Waals surface area contributed by atoms with Crippen LogP contribution in [0.25, 0.3) is 0 Å². The molecule has 1 fully saturated rings. The highest BCUT2D eigenvalue weighted by molar-refractivity contribution is 5.97. The normalized spacial score (nSPS) is 14.7. The molecule has 2 rings (SSSR count). The maximum Gasteiger partial charge on any atom is 0.306 e. The van der Waals surface area contributed by atoms with Gasteiger partial charge in [0, 0.05) is 32.8 Å². The lowest BCUT2D eigenvalue weighted by atomic mass is 9.99. The zero-order valence-electron chi connectivity index (χ0n) is 16.1. The van der Waals surface area contributed by atoms with Gasteiger partial charge in [-0.15, -0.1) is 0 Å². The van der Waals surface area contributed by atoms with Gasteiger partial charge in [0.25, 0.3) is 11.5 Å². The van der Waals surface area contributed by atoms with Crippen molar-refractivity contribution in [3.63, 3.8) is 0 Å². The maximum atomic E-state index is 12.7. The second-order valence-electron chi connectivity index (χ2n) is 6.89. The fourth-order valence-electron chi connectivity index (χ4n) is 2.97. The van der Waals surface area contributed by atoms with Gasteiger partial charge < -0.3 is 19.5 Å². The average molecular weight is 377 g/mol. The minimum absolute atomic E-state index is 0.0302. The Kier molecular flexibility index (Phi) is 7.15. The number of ether oxygens (including phenoxy) is 1. The van der Waals surface area contributed by atoms with E-state index in [-0.39, 0.29) is 31.0 Å². The summed E-state index contributed by atoms with van der Waals surface area (Å²) in [4.78, 5) is 50.2. The summed E-state index contributed by atoms with van der Waals surface area (Å²) in [6.45, 7) is 5.47. The third-order valence-corrected chi connectivity index (χ3v) is 4.64. The fraction of sp³-hybridized carbons (Fsp3) is 0.579. The molecule has 0 aromatic carbocycles. The van der Waals surface area contributed by atoms with Crippen LogP contribution in [0.15, 0.2) is 17.1 Å². The van der Waals surface area contributed by atoms with Crippen molar-refractivity contribution in [1.82, 2.24) is 9.47 Å². The number of esters is 1. The molecule has 0 radical (unpaired) electrons. The van der Waals surface area contributed by atoms with E-state index in [9.17, 15) is 19.2 Å². The molecule has 0 saturated carbocycles. The number of pyridine rings is 1. The number of hydrogen-bond acceptors (Lipinski definition) is 5. The number of rotatable bonds is 6. The molecule has 2 heterocycles. The molecule has 0 spiro atoms. The molecule has 8 heteroatoms. The number of piperidine rings is 1. The Morgan fingerprint density at radius 3 is 2.52 bits per heavy atom. The first-order valence-corrected chi connectivity index (χ1v) is 9.27. The summed E-state index contributed by atoms with van der Waals surface area (Å²) < 4.78 is 6.05. The van der Waals surface area contributed by atoms with Crippen molar-refractivity contribution in [2.24, 2.45) is 13.0 Å². The molecule has 0 atom stereocenters. The van der Waals surface area contributed by atoms with Crippen molar-refractivity contribution >= 4 is 23.5 Å². The summed E-state index contributed by atoms with van der Waals surface area (Å²) in [6, 6.07) is 1.41. The van der Waals surface area contributed by atoms with Gasteiger partial charge in [-0.3, -0.25) is 19.2 Å². The quantitative estimate of drug-likeness (QED) is 0.759. The number of carbonyl (C=O) groups excluding carboxylic acids is 3. The van der Waals surface area contributed by atoms with Crippen LogP contribution in [0.2, 0.25) is 0 Å². The Bertz CT molecular complexity index is 763. The minimum atomic E-state index is -0.475. The van der Waals surface area contributed by atoms with Crippen LogP contribution in [0.1, 0.15) is 49.9 Å². The number of aromatic nitrogens is 1. The lowest BCUT2D eigenvalue weighted by molar-refractivity contribution is -0.144. The first kappa shape index (κ1) is 20.7. The molecule has 1 N–H and O–H groups in total. The summed E-state index contributed by atoms with van der Waals surface area (Å²) >= 11 is 0. The lowest BCUT2D eigenvalue weighted by Crippen LogP contribution is -2.38. The number of likely N-dealkylation sites (tertiary alicyclic amines) is 1. The summed E-state index contributed by atoms with van der Waals surface area (Å²) in [5.74, 6) is -0.497. The second-order valence-corrected chi connectivity index (χ2v) is 6.89. The van der Waals surface area contributed by atoms with E-state index in [0.29, 0.717) is 24.6 Å². The van der Waals surface area contributed by atoms with Crippen molar-refractivity contribution in [1.29, 1.82) is 0 Å². The molecule has 0 bridgehead atoms. The first-order chi connectivity index (χ1) is 12.8. The van der Waals surface area contributed by atoms with Crippen molar-refractivity contribution < 1.29 is 19.1 Å². The number of nitrogens with zero attached hydrogens (tertiary/aromatic N) is 2. The number of aryl methyl sites for hydroxylation is 1. The average Bonchev–Trinajstić information content (AvgIpc) is 2.64. The Morgan fingerprint density at radius 1 is 1.22 bits per heavy atom. The molecule has 1 aliphatic heterocycles. The largest absolute Gasteiger partial charge is 0.466 e. The Morgan fingerprint density at radius 2 is 1.89 bits per heavy atom. The van der Waals surface area contributed by atoms with E-state index in [1.807, 2.05) is 0 Å². The fourth-order valence-corrected chi connectivity index (χ4v) is 2.97. The number of carbonyl (C=O) groups is 3. The topological polar surface area (TPSA) is 97.7 Å². The van der Waals surface area contributed by atoms with Crippen molar-refractivity contribution in [2.45, 2.75) is 39.5 Å². The third kappa shape index (κ3) is 5.67. The second kappa shape index (κ2) is 9.34. The standard InChI is InChI=1S/C19H27N3O5/c1-4-27-17(24)6-5-16(23)20-15-11-14(12-21(3)19(15)26)18(25)22-9-7-13(2)8-10-22/h11-13H,4-10H2,1-3H3,(H,20,23). The van der Waals surface area contributed by atoms with E-state index in [4.69, 9.17) is 4.74 Å². The van der Waals surface area contributed by atoms with Crippen LogP contribution in [0, 0.1) is 5.92 Å². The van der Waals surface area contributed by atoms with Gasteiger partial charge in [-0.2, -0.15) is 0 Å². The zero-order valence-corrected chi connectivity index (χ0v) is 16.1. The molecule has 0 aliphatic carbocycles. The number of nitrogens with one attached hydrogen (secondary N) is 1. The molecule has 0 unspecified atom stereocenters. The third-order valence-electron chi connectivity index (χ3n) is 4.64. The first-order valence-electron chi connectivity index (χ1n) is 9.27. The molecule has 1 aromatic rings. The van der Waals surface area contributed by atoms with Gasteiger partial charge in [0.15, 0.2) is 0 Å². The number of amides is 2. The van der Waals surface area contributed by atoms with Gasteiger partial charge in [-0.05, 0) is 31.7 Å². The number of hydrogen-bond donors (Lipinski definition) is 1. The Labute approximate surface area is 158 Å². The molecule has 1 aromatic heterocycles. The van der Waals surface area contributed by atoms with Crippen LogP contribution in [-0.4, -0.2) is 46.9 Å².